The van der Waals surface area contributed by atoms with Crippen LogP contribution in [0, 0.1) is 0 Å². The van der Waals surface area contributed by atoms with Gasteiger partial charge in [-0.25, -0.2) is 0 Å². The van der Waals surface area contributed by atoms with Gasteiger partial charge in [-0.15, -0.1) is 0 Å². The predicted octanol–water partition coefficient (Wildman–Crippen LogP) is 2.65. The van der Waals surface area contributed by atoms with Gasteiger partial charge in [0.15, 0.2) is 0 Å². The van der Waals surface area contributed by atoms with Crippen LogP contribution in [0.2, 0.25) is 0 Å². The van der Waals surface area contributed by atoms with Crippen LogP contribution < -0.4 is 5.32 Å². The van der Waals surface area contributed by atoms with Crippen molar-refractivity contribution in [3.8, 4) is 0 Å². The Balaban J connectivity index is 2.05. The van der Waals surface area contributed by atoms with E-state index in [2.05, 4.69) is 31.8 Å². The smallest absolute Gasteiger partial charge is 0.00683 e. The van der Waals surface area contributed by atoms with Crippen molar-refractivity contribution in [2.75, 3.05) is 6.54 Å². The Hall–Kier alpha value is -0.560. The van der Waals surface area contributed by atoms with Crippen LogP contribution in [0.4, 0.5) is 0 Å². The van der Waals surface area contributed by atoms with Crippen molar-refractivity contribution in [3.05, 3.63) is 23.8 Å². The number of nitrogens with one attached hydrogen (secondary N) is 1. The minimum atomic E-state index is 0.837. The lowest BCUT2D eigenvalue weighted by Crippen LogP contribution is -2.16. The van der Waals surface area contributed by atoms with Gasteiger partial charge in [0.05, 0.1) is 0 Å². The summed E-state index contributed by atoms with van der Waals surface area (Å²) >= 11 is 0. The molecular weight excluding hydrogens is 146 g/mol. The van der Waals surface area contributed by atoms with E-state index >= 15 is 0 Å². The van der Waals surface area contributed by atoms with Crippen LogP contribution in [-0.4, -0.2) is 12.6 Å². The second kappa shape index (κ2) is 4.46. The van der Waals surface area contributed by atoms with Gasteiger partial charge in [-0.1, -0.05) is 23.8 Å². The highest BCUT2D eigenvalue weighted by atomic mass is 14.9. The monoisotopic (exact) mass is 165 g/mol. The third-order valence-corrected chi connectivity index (χ3v) is 2.28. The van der Waals surface area contributed by atoms with Crippen LogP contribution in [0.1, 0.15) is 33.1 Å². The van der Waals surface area contributed by atoms with Gasteiger partial charge < -0.3 is 5.32 Å². The summed E-state index contributed by atoms with van der Waals surface area (Å²) in [4.78, 5) is 0. The molecule has 0 aromatic carbocycles. The van der Waals surface area contributed by atoms with Crippen molar-refractivity contribution >= 4 is 0 Å². The lowest BCUT2D eigenvalue weighted by Gasteiger charge is -2.00. The van der Waals surface area contributed by atoms with Crippen molar-refractivity contribution in [1.29, 1.82) is 0 Å². The first-order valence-electron chi connectivity index (χ1n) is 4.76. The molecular formula is C11H19N. The van der Waals surface area contributed by atoms with E-state index in [1.807, 2.05) is 0 Å². The molecule has 12 heavy (non-hydrogen) atoms. The van der Waals surface area contributed by atoms with E-state index in [0.29, 0.717) is 0 Å². The van der Waals surface area contributed by atoms with Crippen molar-refractivity contribution < 1.29 is 0 Å². The summed E-state index contributed by atoms with van der Waals surface area (Å²) in [5.74, 6) is 0. The summed E-state index contributed by atoms with van der Waals surface area (Å²) in [6.45, 7) is 9.19. The highest BCUT2D eigenvalue weighted by molar-refractivity contribution is 5.23. The number of allylic oxidation sites excluding steroid dienone is 2. The Bertz CT molecular complexity index is 187. The third kappa shape index (κ3) is 3.72. The SMILES string of the molecule is C=C(C)C(C)=CCCNC1CC1. The Morgan fingerprint density at radius 1 is 1.50 bits per heavy atom. The lowest BCUT2D eigenvalue weighted by molar-refractivity contribution is 0.689. The molecule has 0 aliphatic heterocycles. The average Bonchev–Trinajstić information content (AvgIpc) is 2.80. The van der Waals surface area contributed by atoms with E-state index in [4.69, 9.17) is 0 Å². The normalized spacial score (nSPS) is 18.0. The van der Waals surface area contributed by atoms with E-state index < -0.39 is 0 Å². The first-order valence-corrected chi connectivity index (χ1v) is 4.76. The molecule has 0 bridgehead atoms. The van der Waals surface area contributed by atoms with Gasteiger partial charge in [0, 0.05) is 6.04 Å². The van der Waals surface area contributed by atoms with Gasteiger partial charge >= 0.3 is 0 Å². The van der Waals surface area contributed by atoms with Crippen LogP contribution in [0.15, 0.2) is 23.8 Å². The van der Waals surface area contributed by atoms with Crippen LogP contribution in [-0.2, 0) is 0 Å². The van der Waals surface area contributed by atoms with E-state index in [-0.39, 0.29) is 0 Å². The fourth-order valence-electron chi connectivity index (χ4n) is 1.04. The molecule has 1 saturated carbocycles. The standard InChI is InChI=1S/C11H19N/c1-9(2)10(3)5-4-8-12-11-6-7-11/h5,11-12H,1,4,6-8H2,2-3H3. The van der Waals surface area contributed by atoms with Gasteiger partial charge in [0.2, 0.25) is 0 Å². The van der Waals surface area contributed by atoms with Crippen molar-refractivity contribution in [2.45, 2.75) is 39.2 Å². The van der Waals surface area contributed by atoms with E-state index in [1.165, 1.54) is 24.0 Å². The fraction of sp³-hybridized carbons (Fsp3) is 0.636. The molecule has 0 aromatic rings. The second-order valence-electron chi connectivity index (χ2n) is 3.68. The zero-order valence-electron chi connectivity index (χ0n) is 8.19. The average molecular weight is 165 g/mol. The van der Waals surface area contributed by atoms with E-state index in [9.17, 15) is 0 Å². The maximum Gasteiger partial charge on any atom is 0.00683 e. The molecule has 1 heteroatoms. The molecule has 68 valence electrons. The zero-order valence-corrected chi connectivity index (χ0v) is 8.19. The van der Waals surface area contributed by atoms with Crippen LogP contribution in [0.3, 0.4) is 0 Å². The Morgan fingerprint density at radius 3 is 2.67 bits per heavy atom. The van der Waals surface area contributed by atoms with Crippen molar-refractivity contribution in [3.63, 3.8) is 0 Å². The summed E-state index contributed by atoms with van der Waals surface area (Å²) in [6, 6.07) is 0.837. The molecule has 0 aromatic heterocycles. The molecule has 0 saturated heterocycles. The molecule has 1 nitrogen and oxygen atoms in total. The molecule has 0 heterocycles. The van der Waals surface area contributed by atoms with Crippen LogP contribution in [0.25, 0.3) is 0 Å². The van der Waals surface area contributed by atoms with Gasteiger partial charge in [0.1, 0.15) is 0 Å². The lowest BCUT2D eigenvalue weighted by atomic mass is 10.1. The quantitative estimate of drug-likeness (QED) is 0.488. The van der Waals surface area contributed by atoms with Crippen LogP contribution in [0.5, 0.6) is 0 Å². The zero-order chi connectivity index (χ0) is 8.97. The summed E-state index contributed by atoms with van der Waals surface area (Å²) in [7, 11) is 0. The molecule has 0 radical (unpaired) electrons. The summed E-state index contributed by atoms with van der Waals surface area (Å²) in [6.07, 6.45) is 6.15. The molecule has 1 N–H and O–H groups in total. The molecule has 1 aliphatic carbocycles. The third-order valence-electron chi connectivity index (χ3n) is 2.28. The van der Waals surface area contributed by atoms with Gasteiger partial charge in [-0.2, -0.15) is 0 Å². The molecule has 0 unspecified atom stereocenters. The molecule has 0 atom stereocenters. The summed E-state index contributed by atoms with van der Waals surface area (Å²) < 4.78 is 0. The highest BCUT2D eigenvalue weighted by Crippen LogP contribution is 2.18. The van der Waals surface area contributed by atoms with Gasteiger partial charge in [-0.3, -0.25) is 0 Å². The topological polar surface area (TPSA) is 12.0 Å². The molecule has 0 amide bonds. The molecule has 1 aliphatic rings. The molecule has 0 spiro atoms. The Morgan fingerprint density at radius 2 is 2.17 bits per heavy atom. The maximum absolute atomic E-state index is 3.89. The van der Waals surface area contributed by atoms with E-state index in [1.54, 1.807) is 0 Å². The first-order chi connectivity index (χ1) is 5.70. The number of hydrogen-bond donors (Lipinski definition) is 1. The number of hydrogen-bond acceptors (Lipinski definition) is 1. The second-order valence-corrected chi connectivity index (χ2v) is 3.68. The highest BCUT2D eigenvalue weighted by Gasteiger charge is 2.19. The predicted molar refractivity (Wildman–Crippen MR) is 54.2 cm³/mol. The van der Waals surface area contributed by atoms with Crippen molar-refractivity contribution in [2.24, 2.45) is 0 Å². The summed E-state index contributed by atoms with van der Waals surface area (Å²) in [5, 5.41) is 3.48. The number of rotatable bonds is 5. The van der Waals surface area contributed by atoms with Crippen molar-refractivity contribution in [1.82, 2.24) is 5.32 Å². The molecule has 1 fully saturated rings. The maximum atomic E-state index is 3.89. The minimum Gasteiger partial charge on any atom is -0.314 e. The van der Waals surface area contributed by atoms with Gasteiger partial charge in [0.25, 0.3) is 0 Å². The summed E-state index contributed by atoms with van der Waals surface area (Å²) in [5.41, 5.74) is 2.51. The fourth-order valence-corrected chi connectivity index (χ4v) is 1.04. The molecule has 1 rings (SSSR count). The van der Waals surface area contributed by atoms with E-state index in [0.717, 1.165) is 19.0 Å². The largest absolute Gasteiger partial charge is 0.314 e. The van der Waals surface area contributed by atoms with Crippen LogP contribution >= 0.6 is 0 Å². The first kappa shape index (κ1) is 9.53. The Labute approximate surface area is 75.6 Å². The minimum absolute atomic E-state index is 0.837. The van der Waals surface area contributed by atoms with Gasteiger partial charge in [-0.05, 0) is 39.7 Å². The Kier molecular flexibility index (Phi) is 3.54.